The van der Waals surface area contributed by atoms with Crippen molar-refractivity contribution in [3.8, 4) is 0 Å². The zero-order valence-corrected chi connectivity index (χ0v) is 18.6. The van der Waals surface area contributed by atoms with Gasteiger partial charge in [-0.05, 0) is 44.9 Å². The lowest BCUT2D eigenvalue weighted by atomic mass is 10.1. The topological polar surface area (TPSA) is 118 Å². The molecule has 158 valence electrons. The third-order valence-corrected chi connectivity index (χ3v) is 8.45. The van der Waals surface area contributed by atoms with E-state index in [1.54, 1.807) is 24.3 Å². The Labute approximate surface area is 179 Å². The zero-order chi connectivity index (χ0) is 21.6. The van der Waals surface area contributed by atoms with Gasteiger partial charge in [-0.1, -0.05) is 17.7 Å². The van der Waals surface area contributed by atoms with Crippen molar-refractivity contribution in [3.63, 3.8) is 0 Å². The van der Waals surface area contributed by atoms with Crippen molar-refractivity contribution in [2.75, 3.05) is 18.8 Å². The molecule has 3 N–H and O–H groups in total. The standard InChI is InChI=1S/C20H23N5O3S2/c1-11-4-6-15(7-5-11)30(27,28)25-9-8-14(10-25)22-19(26)18-17(21)16-12(2)13(3)23-24-20(16)29-18/h4-7,14H,8-10,21H2,1-3H3,(H,22,26). The van der Waals surface area contributed by atoms with Gasteiger partial charge in [0, 0.05) is 24.5 Å². The lowest BCUT2D eigenvalue weighted by molar-refractivity contribution is 0.0944. The van der Waals surface area contributed by atoms with Crippen LogP contribution < -0.4 is 11.1 Å². The third-order valence-electron chi connectivity index (χ3n) is 5.49. The molecule has 0 spiro atoms. The van der Waals surface area contributed by atoms with Gasteiger partial charge in [0.15, 0.2) is 0 Å². The molecule has 1 fully saturated rings. The number of thiophene rings is 1. The molecule has 0 bridgehead atoms. The van der Waals surface area contributed by atoms with Crippen LogP contribution in [0.4, 0.5) is 5.69 Å². The number of fused-ring (bicyclic) bond motifs is 1. The van der Waals surface area contributed by atoms with Crippen molar-refractivity contribution >= 4 is 43.2 Å². The van der Waals surface area contributed by atoms with Crippen molar-refractivity contribution in [2.45, 2.75) is 38.1 Å². The Kier molecular flexibility index (Phi) is 5.25. The molecule has 8 nitrogen and oxygen atoms in total. The maximum atomic E-state index is 12.9. The highest BCUT2D eigenvalue weighted by Gasteiger charge is 2.34. The lowest BCUT2D eigenvalue weighted by Crippen LogP contribution is -2.38. The van der Waals surface area contributed by atoms with Gasteiger partial charge in [0.2, 0.25) is 10.0 Å². The monoisotopic (exact) mass is 445 g/mol. The number of aryl methyl sites for hydroxylation is 3. The average Bonchev–Trinajstić information content (AvgIpc) is 3.30. The molecule has 1 aliphatic heterocycles. The maximum Gasteiger partial charge on any atom is 0.263 e. The number of hydrogen-bond donors (Lipinski definition) is 2. The maximum absolute atomic E-state index is 12.9. The number of nitrogens with two attached hydrogens (primary N) is 1. The number of carbonyl (C=O) groups is 1. The predicted octanol–water partition coefficient (Wildman–Crippen LogP) is 2.39. The molecule has 3 heterocycles. The number of amides is 1. The smallest absolute Gasteiger partial charge is 0.263 e. The van der Waals surface area contributed by atoms with Gasteiger partial charge in [-0.2, -0.15) is 9.40 Å². The number of nitrogens with zero attached hydrogens (tertiary/aromatic N) is 3. The summed E-state index contributed by atoms with van der Waals surface area (Å²) in [6.45, 7) is 6.24. The summed E-state index contributed by atoms with van der Waals surface area (Å²) < 4.78 is 27.1. The van der Waals surface area contributed by atoms with Crippen LogP contribution in [0.1, 0.15) is 32.9 Å². The molecule has 1 aliphatic rings. The molecule has 1 amide bonds. The van der Waals surface area contributed by atoms with Gasteiger partial charge in [0.25, 0.3) is 5.91 Å². The molecule has 0 saturated carbocycles. The summed E-state index contributed by atoms with van der Waals surface area (Å²) in [7, 11) is -3.59. The minimum absolute atomic E-state index is 0.227. The number of nitrogen functional groups attached to an aromatic ring is 1. The average molecular weight is 446 g/mol. The highest BCUT2D eigenvalue weighted by molar-refractivity contribution is 7.89. The first kappa shape index (κ1) is 20.7. The number of aromatic nitrogens is 2. The van der Waals surface area contributed by atoms with E-state index in [0.717, 1.165) is 22.2 Å². The van der Waals surface area contributed by atoms with Crippen molar-refractivity contribution in [3.05, 3.63) is 46.0 Å². The first-order chi connectivity index (χ1) is 14.2. The second-order valence-electron chi connectivity index (χ2n) is 7.57. The fourth-order valence-corrected chi connectivity index (χ4v) is 6.09. The molecule has 0 aliphatic carbocycles. The van der Waals surface area contributed by atoms with Gasteiger partial charge in [0.05, 0.1) is 16.3 Å². The van der Waals surface area contributed by atoms with Gasteiger partial charge in [0.1, 0.15) is 9.71 Å². The van der Waals surface area contributed by atoms with Crippen LogP contribution in [0.15, 0.2) is 29.2 Å². The first-order valence-electron chi connectivity index (χ1n) is 9.58. The van der Waals surface area contributed by atoms with E-state index in [1.807, 2.05) is 20.8 Å². The molecule has 10 heteroatoms. The van der Waals surface area contributed by atoms with Crippen molar-refractivity contribution < 1.29 is 13.2 Å². The summed E-state index contributed by atoms with van der Waals surface area (Å²) >= 11 is 1.20. The predicted molar refractivity (Wildman–Crippen MR) is 117 cm³/mol. The zero-order valence-electron chi connectivity index (χ0n) is 17.0. The van der Waals surface area contributed by atoms with Crippen molar-refractivity contribution in [1.29, 1.82) is 0 Å². The number of anilines is 1. The largest absolute Gasteiger partial charge is 0.397 e. The molecule has 0 radical (unpaired) electrons. The molecule has 3 aromatic rings. The fourth-order valence-electron chi connectivity index (χ4n) is 3.58. The Morgan fingerprint density at radius 3 is 2.60 bits per heavy atom. The van der Waals surface area contributed by atoms with Crippen LogP contribution >= 0.6 is 11.3 Å². The Morgan fingerprint density at radius 2 is 1.90 bits per heavy atom. The van der Waals surface area contributed by atoms with E-state index in [1.165, 1.54) is 15.6 Å². The summed E-state index contributed by atoms with van der Waals surface area (Å²) in [5.74, 6) is -0.313. The molecule has 2 aromatic heterocycles. The molecule has 4 rings (SSSR count). The SMILES string of the molecule is Cc1ccc(S(=O)(=O)N2CCC(NC(=O)c3sc4nnc(C)c(C)c4c3N)C2)cc1. The Morgan fingerprint density at radius 1 is 1.20 bits per heavy atom. The normalized spacial score (nSPS) is 17.5. The van der Waals surface area contributed by atoms with Gasteiger partial charge < -0.3 is 11.1 Å². The summed E-state index contributed by atoms with van der Waals surface area (Å²) in [4.78, 5) is 14.1. The Balaban J connectivity index is 1.50. The molecule has 1 aromatic carbocycles. The second-order valence-corrected chi connectivity index (χ2v) is 10.5. The molecule has 1 saturated heterocycles. The summed E-state index contributed by atoms with van der Waals surface area (Å²) in [5.41, 5.74) is 9.31. The minimum Gasteiger partial charge on any atom is -0.397 e. The molecular weight excluding hydrogens is 422 g/mol. The lowest BCUT2D eigenvalue weighted by Gasteiger charge is -2.17. The van der Waals surface area contributed by atoms with E-state index in [-0.39, 0.29) is 23.4 Å². The number of carbonyl (C=O) groups excluding carboxylic acids is 1. The second kappa shape index (κ2) is 7.60. The van der Waals surface area contributed by atoms with Crippen LogP contribution in [0, 0.1) is 20.8 Å². The molecule has 1 unspecified atom stereocenters. The number of benzene rings is 1. The number of hydrogen-bond acceptors (Lipinski definition) is 7. The van der Waals surface area contributed by atoms with Crippen LogP contribution in [-0.2, 0) is 10.0 Å². The van der Waals surface area contributed by atoms with Crippen LogP contribution in [0.25, 0.3) is 10.2 Å². The van der Waals surface area contributed by atoms with E-state index in [2.05, 4.69) is 15.5 Å². The van der Waals surface area contributed by atoms with Crippen LogP contribution in [0.5, 0.6) is 0 Å². The Bertz CT molecular complexity index is 1240. The third kappa shape index (κ3) is 3.55. The van der Waals surface area contributed by atoms with Gasteiger partial charge in [-0.15, -0.1) is 16.4 Å². The van der Waals surface area contributed by atoms with E-state index in [4.69, 9.17) is 5.73 Å². The van der Waals surface area contributed by atoms with Gasteiger partial charge in [-0.25, -0.2) is 8.42 Å². The fraction of sp³-hybridized carbons (Fsp3) is 0.350. The summed E-state index contributed by atoms with van der Waals surface area (Å²) in [6, 6.07) is 6.49. The van der Waals surface area contributed by atoms with Crippen molar-refractivity contribution in [1.82, 2.24) is 19.8 Å². The van der Waals surface area contributed by atoms with E-state index < -0.39 is 10.0 Å². The van der Waals surface area contributed by atoms with E-state index in [0.29, 0.717) is 28.4 Å². The highest BCUT2D eigenvalue weighted by atomic mass is 32.2. The number of sulfonamides is 1. The van der Waals surface area contributed by atoms with Crippen molar-refractivity contribution in [2.24, 2.45) is 0 Å². The number of nitrogens with one attached hydrogen (secondary N) is 1. The Hall–Kier alpha value is -2.56. The summed E-state index contributed by atoms with van der Waals surface area (Å²) in [5, 5.41) is 11.9. The molecule has 30 heavy (non-hydrogen) atoms. The van der Waals surface area contributed by atoms with Crippen LogP contribution in [0.2, 0.25) is 0 Å². The van der Waals surface area contributed by atoms with Gasteiger partial charge >= 0.3 is 0 Å². The molecular formula is C20H23N5O3S2. The van der Waals surface area contributed by atoms with Crippen LogP contribution in [-0.4, -0.2) is 48.0 Å². The van der Waals surface area contributed by atoms with Crippen LogP contribution in [0.3, 0.4) is 0 Å². The quantitative estimate of drug-likeness (QED) is 0.637. The summed E-state index contributed by atoms with van der Waals surface area (Å²) in [6.07, 6.45) is 0.541. The van der Waals surface area contributed by atoms with E-state index >= 15 is 0 Å². The highest BCUT2D eigenvalue weighted by Crippen LogP contribution is 2.35. The van der Waals surface area contributed by atoms with Gasteiger partial charge in [-0.3, -0.25) is 4.79 Å². The molecule has 1 atom stereocenters. The minimum atomic E-state index is -3.59. The number of rotatable bonds is 4. The van der Waals surface area contributed by atoms with E-state index in [9.17, 15) is 13.2 Å². The first-order valence-corrected chi connectivity index (χ1v) is 11.8.